The number of piperidine rings is 1. The average molecular weight is 512 g/mol. The molecule has 1 unspecified atom stereocenters. The minimum absolute atomic E-state index is 0.00201. The number of aliphatic carboxylic acids is 1. The molecule has 1 fully saturated rings. The van der Waals surface area contributed by atoms with Gasteiger partial charge in [-0.25, -0.2) is 19.9 Å². The maximum Gasteiger partial charge on any atom is 0.303 e. The molecule has 1 aliphatic heterocycles. The second-order valence-electron chi connectivity index (χ2n) is 10.3. The fourth-order valence-electron chi connectivity index (χ4n) is 5.29. The Morgan fingerprint density at radius 3 is 2.58 bits per heavy atom. The number of hydrogen-bond acceptors (Lipinski definition) is 6. The number of carboxylic acids is 1. The number of allylic oxidation sites excluding steroid dienone is 4. The van der Waals surface area contributed by atoms with Gasteiger partial charge in [0.2, 0.25) is 0 Å². The van der Waals surface area contributed by atoms with Gasteiger partial charge in [-0.05, 0) is 74.3 Å². The van der Waals surface area contributed by atoms with Crippen molar-refractivity contribution >= 4 is 28.5 Å². The van der Waals surface area contributed by atoms with Crippen LogP contribution < -0.4 is 0 Å². The van der Waals surface area contributed by atoms with Crippen molar-refractivity contribution in [1.29, 1.82) is 0 Å². The van der Waals surface area contributed by atoms with E-state index >= 15 is 0 Å². The summed E-state index contributed by atoms with van der Waals surface area (Å²) >= 11 is 0. The van der Waals surface area contributed by atoms with Crippen molar-refractivity contribution in [2.45, 2.75) is 57.8 Å². The number of amides is 1. The van der Waals surface area contributed by atoms with E-state index in [2.05, 4.69) is 35.1 Å². The molecule has 5 rings (SSSR count). The molecule has 38 heavy (non-hydrogen) atoms. The van der Waals surface area contributed by atoms with Gasteiger partial charge in [0, 0.05) is 43.4 Å². The Labute approximate surface area is 222 Å². The highest BCUT2D eigenvalue weighted by atomic mass is 16.4. The van der Waals surface area contributed by atoms with Crippen molar-refractivity contribution in [3.05, 3.63) is 77.7 Å². The number of rotatable bonds is 8. The first-order valence-electron chi connectivity index (χ1n) is 13.4. The summed E-state index contributed by atoms with van der Waals surface area (Å²) in [5.74, 6) is 0.765. The Bertz CT molecular complexity index is 1380. The zero-order valence-electron chi connectivity index (χ0n) is 21.7. The lowest BCUT2D eigenvalue weighted by Gasteiger charge is -2.31. The third kappa shape index (κ3) is 5.96. The molecule has 1 amide bonds. The number of fused-ring (bicyclic) bond motifs is 1. The fraction of sp³-hybridized carbons (Fsp3) is 0.400. The first kappa shape index (κ1) is 25.7. The summed E-state index contributed by atoms with van der Waals surface area (Å²) in [6, 6.07) is 7.40. The van der Waals surface area contributed by atoms with Crippen molar-refractivity contribution in [1.82, 2.24) is 24.8 Å². The summed E-state index contributed by atoms with van der Waals surface area (Å²) in [5, 5.41) is 9.02. The van der Waals surface area contributed by atoms with Gasteiger partial charge in [-0.3, -0.25) is 9.59 Å². The van der Waals surface area contributed by atoms with E-state index in [-0.39, 0.29) is 18.2 Å². The lowest BCUT2D eigenvalue weighted by atomic mass is 9.92. The number of carbonyl (C=O) groups excluding carboxylic acids is 1. The van der Waals surface area contributed by atoms with Crippen LogP contribution in [0.1, 0.15) is 78.9 Å². The predicted octanol–water partition coefficient (Wildman–Crippen LogP) is 5.22. The molecule has 8 nitrogen and oxygen atoms in total. The Kier molecular flexibility index (Phi) is 7.86. The number of likely N-dealkylation sites (tertiary alicyclic amines) is 1. The summed E-state index contributed by atoms with van der Waals surface area (Å²) < 4.78 is 0. The lowest BCUT2D eigenvalue weighted by Crippen LogP contribution is -2.38. The molecule has 1 aromatic carbocycles. The number of aryl methyl sites for hydroxylation is 1. The van der Waals surface area contributed by atoms with Crippen LogP contribution in [-0.4, -0.2) is 54.9 Å². The Hall–Kier alpha value is -3.94. The van der Waals surface area contributed by atoms with Gasteiger partial charge in [0.05, 0.1) is 22.4 Å². The predicted molar refractivity (Wildman–Crippen MR) is 146 cm³/mol. The molecule has 3 aromatic rings. The van der Waals surface area contributed by atoms with Gasteiger partial charge in [0.1, 0.15) is 5.82 Å². The molecule has 0 spiro atoms. The zero-order chi connectivity index (χ0) is 26.5. The highest BCUT2D eigenvalue weighted by Crippen LogP contribution is 2.30. The molecular weight excluding hydrogens is 478 g/mol. The highest BCUT2D eigenvalue weighted by Gasteiger charge is 2.26. The molecule has 0 radical (unpaired) electrons. The van der Waals surface area contributed by atoms with Crippen LogP contribution in [0, 0.1) is 5.92 Å². The van der Waals surface area contributed by atoms with E-state index in [4.69, 9.17) is 15.1 Å². The van der Waals surface area contributed by atoms with Crippen LogP contribution in [0.4, 0.5) is 0 Å². The third-order valence-corrected chi connectivity index (χ3v) is 7.35. The van der Waals surface area contributed by atoms with Crippen molar-refractivity contribution in [2.75, 3.05) is 13.1 Å². The molecular formula is C30H33N5O3. The largest absolute Gasteiger partial charge is 0.481 e. The van der Waals surface area contributed by atoms with E-state index < -0.39 is 5.97 Å². The highest BCUT2D eigenvalue weighted by molar-refractivity contribution is 5.97. The van der Waals surface area contributed by atoms with Crippen molar-refractivity contribution in [2.24, 2.45) is 5.92 Å². The molecule has 1 aliphatic carbocycles. The second kappa shape index (κ2) is 11.6. The Morgan fingerprint density at radius 2 is 1.84 bits per heavy atom. The van der Waals surface area contributed by atoms with Crippen LogP contribution in [0.25, 0.3) is 16.6 Å². The maximum atomic E-state index is 13.4. The minimum atomic E-state index is -0.785. The summed E-state index contributed by atoms with van der Waals surface area (Å²) in [4.78, 5) is 45.0. The molecule has 8 heteroatoms. The average Bonchev–Trinajstić information content (AvgIpc) is 2.94. The topological polar surface area (TPSA) is 109 Å². The monoisotopic (exact) mass is 511 g/mol. The van der Waals surface area contributed by atoms with Crippen LogP contribution in [-0.2, 0) is 11.2 Å². The third-order valence-electron chi connectivity index (χ3n) is 7.35. The summed E-state index contributed by atoms with van der Waals surface area (Å²) in [6.07, 6.45) is 14.5. The summed E-state index contributed by atoms with van der Waals surface area (Å²) in [5.41, 5.74) is 4.96. The van der Waals surface area contributed by atoms with Crippen molar-refractivity contribution < 1.29 is 14.7 Å². The van der Waals surface area contributed by atoms with Crippen molar-refractivity contribution in [3.8, 4) is 0 Å². The molecule has 0 bridgehead atoms. The molecule has 2 aromatic heterocycles. The van der Waals surface area contributed by atoms with E-state index in [0.29, 0.717) is 42.9 Å². The van der Waals surface area contributed by atoms with Gasteiger partial charge in [0.15, 0.2) is 0 Å². The number of hydrogen-bond donors (Lipinski definition) is 1. The van der Waals surface area contributed by atoms with Crippen LogP contribution >= 0.6 is 0 Å². The van der Waals surface area contributed by atoms with E-state index in [1.165, 1.54) is 0 Å². The first-order chi connectivity index (χ1) is 18.5. The van der Waals surface area contributed by atoms with Gasteiger partial charge >= 0.3 is 5.97 Å². The van der Waals surface area contributed by atoms with Gasteiger partial charge in [-0.2, -0.15) is 0 Å². The molecule has 196 valence electrons. The molecule has 3 heterocycles. The van der Waals surface area contributed by atoms with Crippen LogP contribution in [0.2, 0.25) is 0 Å². The Morgan fingerprint density at radius 1 is 1.05 bits per heavy atom. The Balaban J connectivity index is 1.36. The quantitative estimate of drug-likeness (QED) is 0.413. The van der Waals surface area contributed by atoms with Gasteiger partial charge < -0.3 is 10.0 Å². The fourth-order valence-corrected chi connectivity index (χ4v) is 5.29. The van der Waals surface area contributed by atoms with Gasteiger partial charge in [-0.15, -0.1) is 0 Å². The van der Waals surface area contributed by atoms with Crippen LogP contribution in [0.3, 0.4) is 0 Å². The SMILES string of the molecule is CC1C=CC=C(c2nc3ccc(C(=O)N4CCC(c5ncccn5)CC4)cc3nc2CCCCC(=O)O)C1. The number of carboxylic acid groups (broad SMARTS) is 1. The molecule has 2 aliphatic rings. The number of carbonyl (C=O) groups is 2. The van der Waals surface area contributed by atoms with Crippen LogP contribution in [0.15, 0.2) is 54.9 Å². The maximum absolute atomic E-state index is 13.4. The van der Waals surface area contributed by atoms with E-state index in [1.807, 2.05) is 29.2 Å². The number of nitrogens with zero attached hydrogens (tertiary/aromatic N) is 5. The normalized spacial score (nSPS) is 18.0. The molecule has 0 saturated carbocycles. The second-order valence-corrected chi connectivity index (χ2v) is 10.3. The van der Waals surface area contributed by atoms with Crippen molar-refractivity contribution in [3.63, 3.8) is 0 Å². The number of aromatic nitrogens is 4. The first-order valence-corrected chi connectivity index (χ1v) is 13.4. The van der Waals surface area contributed by atoms with Gasteiger partial charge in [-0.1, -0.05) is 25.2 Å². The lowest BCUT2D eigenvalue weighted by molar-refractivity contribution is -0.137. The van der Waals surface area contributed by atoms with E-state index in [9.17, 15) is 9.59 Å². The number of unbranched alkanes of at least 4 members (excludes halogenated alkanes) is 1. The molecule has 1 atom stereocenters. The zero-order valence-corrected chi connectivity index (χ0v) is 21.7. The minimum Gasteiger partial charge on any atom is -0.481 e. The van der Waals surface area contributed by atoms with Crippen LogP contribution in [0.5, 0.6) is 0 Å². The van der Waals surface area contributed by atoms with E-state index in [0.717, 1.165) is 54.0 Å². The summed E-state index contributed by atoms with van der Waals surface area (Å²) in [6.45, 7) is 3.51. The molecule has 1 saturated heterocycles. The van der Waals surface area contributed by atoms with E-state index in [1.54, 1.807) is 12.4 Å². The van der Waals surface area contributed by atoms with Gasteiger partial charge in [0.25, 0.3) is 5.91 Å². The molecule has 1 N–H and O–H groups in total. The summed E-state index contributed by atoms with van der Waals surface area (Å²) in [7, 11) is 0. The standard InChI is InChI=1S/C30H33N5O3/c1-20-6-4-7-22(18-20)28-25(8-2-3-9-27(36)37)33-26-19-23(10-11-24(26)34-28)30(38)35-16-12-21(13-17-35)29-31-14-5-15-32-29/h4-7,10-11,14-15,19-21H,2-3,8-9,12-13,16-18H2,1H3,(H,36,37). The number of benzene rings is 1. The smallest absolute Gasteiger partial charge is 0.303 e.